The standard InChI is InChI=1S/C31H31N5O3.C30H28N4O4.C30H28N4O3.C27H23ClN4O3/c1-35-12-14-36(15-13-35)31(37)22-4-2-21(3-5-22)28-19-26-27(34-28)8-11-33-30(26)23-6-7-29(24(18-23)20-32)39-25-9-16-38-17-10-25;31-19-23-17-22(5-6-28(23)38-24-8-13-36-14-9-24)29-25-18-27(33-26(25)7-10-32-29)20-1-3-21(4-2-20)30(35)34-11-15-37-16-12-34;31-19-23-17-22(7-8-28(23)37-24-10-15-36-16-11-24)29-25-18-27(33-26(25)9-12-32-29)20-3-5-21(6-4-20)30(35)34-13-1-2-14-34;28-20-4-1-17(2-5-20)24-14-22-23(31-24)7-10-30-27(22)18-3-6-25(19(13-18)15-29)35-21-8-11-32(12-9-21)26(34)16-33/h2-8,11,18-19,25,34H,9-10,12-17H2,1H3;1-7,10,17-18,24,33H,8-9,11-16H2;3-9,12,17-18,24,33H,1-2,10-11,13-16H2;1-7,10,13-14,21,31,33H,8-9,11-12,16H2. The molecule has 4 amide bonds. The third-order valence-corrected chi connectivity index (χ3v) is 28.5. The molecule has 30 nitrogen and oxygen atoms in total. The number of morpholine rings is 1. The lowest BCUT2D eigenvalue weighted by Gasteiger charge is -2.32. The Bertz CT molecular complexity index is 7730. The third-order valence-electron chi connectivity index (χ3n) is 28.3. The van der Waals surface area contributed by atoms with Crippen molar-refractivity contribution in [1.29, 1.82) is 21.0 Å². The highest BCUT2D eigenvalue weighted by Crippen LogP contribution is 2.42. The summed E-state index contributed by atoms with van der Waals surface area (Å²) in [6, 6.07) is 78.5. The highest BCUT2D eigenvalue weighted by atomic mass is 35.5. The molecule has 8 aromatic carbocycles. The van der Waals surface area contributed by atoms with E-state index in [9.17, 15) is 40.2 Å². The van der Waals surface area contributed by atoms with Gasteiger partial charge in [-0.05, 0) is 212 Å². The number of nitrogens with one attached hydrogen (secondary N) is 4. The van der Waals surface area contributed by atoms with Crippen LogP contribution in [0.4, 0.5) is 0 Å². The average Bonchev–Trinajstić information content (AvgIpc) is 1.65. The molecule has 0 spiro atoms. The van der Waals surface area contributed by atoms with Gasteiger partial charge in [-0.1, -0.05) is 60.1 Å². The second-order valence-electron chi connectivity index (χ2n) is 37.9. The Balaban J connectivity index is 0.000000120. The minimum absolute atomic E-state index is 0.0283. The van der Waals surface area contributed by atoms with E-state index in [-0.39, 0.29) is 48.0 Å². The maximum Gasteiger partial charge on any atom is 0.254 e. The zero-order chi connectivity index (χ0) is 102. The number of carbonyl (C=O) groups is 4. The normalized spacial score (nSPS) is 15.9. The topological polar surface area (TPSA) is 388 Å². The molecule has 0 radical (unpaired) electrons. The molecule has 23 rings (SSSR count). The number of aromatic nitrogens is 8. The number of ether oxygens (including phenoxy) is 8. The number of nitriles is 4. The number of piperazine rings is 1. The first-order chi connectivity index (χ1) is 73.0. The summed E-state index contributed by atoms with van der Waals surface area (Å²) < 4.78 is 46.1. The van der Waals surface area contributed by atoms with Crippen LogP contribution in [-0.2, 0) is 23.7 Å². The van der Waals surface area contributed by atoms with Crippen molar-refractivity contribution in [3.05, 3.63) is 287 Å². The van der Waals surface area contributed by atoms with Gasteiger partial charge in [0.2, 0.25) is 5.91 Å². The number of hydrogen-bond donors (Lipinski definition) is 5. The van der Waals surface area contributed by atoms with Crippen LogP contribution < -0.4 is 18.9 Å². The zero-order valence-corrected chi connectivity index (χ0v) is 83.2. The SMILES string of the molecule is CN1CCN(C(=O)c2ccc(-c3cc4c(-c5ccc(OC6CCOCC6)c(C#N)c5)nccc4[nH]3)cc2)CC1.N#Cc1cc(-c2nccc3[nH]c(-c4ccc(C(=O)N5CCCC5)cc4)cc23)ccc1OC1CCOCC1.N#Cc1cc(-c2nccc3[nH]c(-c4ccc(C(=O)N5CCOCC5)cc4)cc23)ccc1OC1CCOCC1.N#Cc1cc(-c2nccc3[nH]c(-c4ccc(Cl)cc4)cc23)ccc1OC1CCN(C(=O)CO)CC1. The number of fused-ring (bicyclic) bond motifs is 4. The smallest absolute Gasteiger partial charge is 0.254 e. The number of carbonyl (C=O) groups excluding carboxylic acids is 4. The first-order valence-electron chi connectivity index (χ1n) is 50.6. The van der Waals surface area contributed by atoms with Crippen LogP contribution in [0.2, 0.25) is 5.02 Å². The maximum atomic E-state index is 12.9. The van der Waals surface area contributed by atoms with Gasteiger partial charge in [-0.2, -0.15) is 21.0 Å². The van der Waals surface area contributed by atoms with Gasteiger partial charge in [-0.15, -0.1) is 0 Å². The third kappa shape index (κ3) is 23.2. The van der Waals surface area contributed by atoms with Crippen molar-refractivity contribution in [1.82, 2.24) is 64.4 Å². The number of aliphatic hydroxyl groups is 1. The summed E-state index contributed by atoms with van der Waals surface area (Å²) in [7, 11) is 2.08. The summed E-state index contributed by atoms with van der Waals surface area (Å²) in [5, 5.41) is 52.8. The van der Waals surface area contributed by atoms with Crippen LogP contribution in [0.1, 0.15) is 118 Å². The number of aliphatic hydroxyl groups excluding tert-OH is 1. The zero-order valence-electron chi connectivity index (χ0n) is 82.4. The van der Waals surface area contributed by atoms with Gasteiger partial charge in [-0.3, -0.25) is 39.1 Å². The quantitative estimate of drug-likeness (QED) is 0.0473. The molecule has 0 saturated carbocycles. The Morgan fingerprint density at radius 1 is 0.329 bits per heavy atom. The van der Waals surface area contributed by atoms with E-state index < -0.39 is 6.61 Å². The molecule has 7 saturated heterocycles. The average molecular weight is 2010 g/mol. The van der Waals surface area contributed by atoms with Crippen molar-refractivity contribution in [2.45, 2.75) is 88.6 Å². The first kappa shape index (κ1) is 99.9. The number of piperidine rings is 1. The Morgan fingerprint density at radius 2 is 0.597 bits per heavy atom. The molecule has 7 aliphatic heterocycles. The van der Waals surface area contributed by atoms with Crippen LogP contribution in [0.3, 0.4) is 0 Å². The molecular formula is C118H110ClN17O13. The molecule has 7 aliphatic rings. The maximum absolute atomic E-state index is 12.9. The molecule has 0 unspecified atom stereocenters. The first-order valence-corrected chi connectivity index (χ1v) is 51.0. The fraction of sp³-hybridized carbons (Fsp3) is 0.288. The fourth-order valence-electron chi connectivity index (χ4n) is 19.9. The highest BCUT2D eigenvalue weighted by molar-refractivity contribution is 6.30. The summed E-state index contributed by atoms with van der Waals surface area (Å²) in [4.78, 5) is 92.1. The number of benzene rings is 8. The lowest BCUT2D eigenvalue weighted by atomic mass is 10.0. The van der Waals surface area contributed by atoms with Gasteiger partial charge in [0.25, 0.3) is 17.7 Å². The molecular weight excluding hydrogens is 1900 g/mol. The summed E-state index contributed by atoms with van der Waals surface area (Å²) in [5.74, 6) is 2.25. The molecule has 149 heavy (non-hydrogen) atoms. The monoisotopic (exact) mass is 2010 g/mol. The molecule has 8 aromatic heterocycles. The summed E-state index contributed by atoms with van der Waals surface area (Å²) in [5.41, 5.74) is 22.1. The number of H-pyrrole nitrogens is 4. The molecule has 5 N–H and O–H groups in total. The van der Waals surface area contributed by atoms with Gasteiger partial charge in [0.1, 0.15) is 78.3 Å². The van der Waals surface area contributed by atoms with E-state index in [0.717, 1.165) is 230 Å². The summed E-state index contributed by atoms with van der Waals surface area (Å²) in [6.45, 7) is 12.1. The van der Waals surface area contributed by atoms with E-state index in [4.69, 9.17) is 54.6 Å². The molecule has 0 atom stereocenters. The van der Waals surface area contributed by atoms with Crippen molar-refractivity contribution >= 4 is 78.8 Å². The molecule has 0 bridgehead atoms. The van der Waals surface area contributed by atoms with Crippen molar-refractivity contribution in [3.63, 3.8) is 0 Å². The number of likely N-dealkylation sites (N-methyl/N-ethyl adjacent to an activating group) is 1. The molecule has 0 aliphatic carbocycles. The lowest BCUT2D eigenvalue weighted by molar-refractivity contribution is -0.135. The molecule has 16 aromatic rings. The number of halogens is 1. The lowest BCUT2D eigenvalue weighted by Crippen LogP contribution is -2.47. The number of likely N-dealkylation sites (tertiary alicyclic amines) is 2. The van der Waals surface area contributed by atoms with Crippen LogP contribution in [0, 0.1) is 45.3 Å². The highest BCUT2D eigenvalue weighted by Gasteiger charge is 2.30. The summed E-state index contributed by atoms with van der Waals surface area (Å²) >= 11 is 6.03. The van der Waals surface area contributed by atoms with Gasteiger partial charge < -0.3 is 87.4 Å². The molecule has 15 heterocycles. The van der Waals surface area contributed by atoms with E-state index in [2.05, 4.69) is 100 Å². The Kier molecular flexibility index (Phi) is 31.2. The number of pyridine rings is 4. The van der Waals surface area contributed by atoms with Crippen LogP contribution in [0.15, 0.2) is 243 Å². The van der Waals surface area contributed by atoms with Gasteiger partial charge in [0, 0.05) is 252 Å². The number of rotatable bonds is 20. The van der Waals surface area contributed by atoms with Gasteiger partial charge in [0.15, 0.2) is 0 Å². The van der Waals surface area contributed by atoms with Gasteiger partial charge in [-0.25, -0.2) is 0 Å². The Hall–Kier alpha value is -16.4. The van der Waals surface area contributed by atoms with E-state index in [1.165, 1.54) is 0 Å². The molecule has 31 heteroatoms. The Labute approximate surface area is 866 Å². The van der Waals surface area contributed by atoms with Crippen molar-refractivity contribution in [2.75, 3.05) is 132 Å². The Morgan fingerprint density at radius 3 is 0.893 bits per heavy atom. The van der Waals surface area contributed by atoms with E-state index in [1.807, 2.05) is 203 Å². The van der Waals surface area contributed by atoms with Crippen LogP contribution in [0.25, 0.3) is 134 Å². The minimum Gasteiger partial charge on any atom is -0.489 e. The summed E-state index contributed by atoms with van der Waals surface area (Å²) in [6.07, 6.45) is 15.6. The second kappa shape index (κ2) is 46.6. The predicted molar refractivity (Wildman–Crippen MR) is 568 cm³/mol. The van der Waals surface area contributed by atoms with Gasteiger partial charge >= 0.3 is 0 Å². The molecule has 7 fully saturated rings. The van der Waals surface area contributed by atoms with E-state index >= 15 is 0 Å². The second-order valence-corrected chi connectivity index (χ2v) is 38.3. The minimum atomic E-state index is -0.477. The van der Waals surface area contributed by atoms with Crippen molar-refractivity contribution < 1.29 is 62.2 Å². The fourth-order valence-corrected chi connectivity index (χ4v) is 20.0. The van der Waals surface area contributed by atoms with Gasteiger partial charge in [0.05, 0.1) is 97.9 Å². The largest absolute Gasteiger partial charge is 0.489 e. The number of nitrogens with zero attached hydrogens (tertiary/aromatic N) is 13. The van der Waals surface area contributed by atoms with Crippen molar-refractivity contribution in [3.8, 4) is 137 Å². The number of hydrogen-bond acceptors (Lipinski definition) is 22. The van der Waals surface area contributed by atoms with E-state index in [0.29, 0.717) is 153 Å². The number of aromatic amines is 4. The number of amides is 4. The van der Waals surface area contributed by atoms with E-state index in [1.54, 1.807) is 35.8 Å². The van der Waals surface area contributed by atoms with Crippen LogP contribution in [0.5, 0.6) is 23.0 Å². The van der Waals surface area contributed by atoms with Crippen molar-refractivity contribution in [2.24, 2.45) is 0 Å². The van der Waals surface area contributed by atoms with Crippen LogP contribution in [-0.4, -0.2) is 249 Å². The predicted octanol–water partition coefficient (Wildman–Crippen LogP) is 19.9. The van der Waals surface area contributed by atoms with Crippen LogP contribution >= 0.6 is 11.6 Å². The molecule has 752 valence electrons.